The highest BCUT2D eigenvalue weighted by Gasteiger charge is 2.38. The number of nitrogens with zero attached hydrogens (tertiary/aromatic N) is 3. The van der Waals surface area contributed by atoms with Gasteiger partial charge in [-0.05, 0) is 41.5 Å². The Labute approximate surface area is 145 Å². The summed E-state index contributed by atoms with van der Waals surface area (Å²) in [6, 6.07) is 0. The molecular weight excluding hydrogens is 307 g/mol. The van der Waals surface area contributed by atoms with Crippen LogP contribution in [0, 0.1) is 6.92 Å². The topological polar surface area (TPSA) is 90.6 Å². The molecule has 0 aliphatic heterocycles. The van der Waals surface area contributed by atoms with Crippen molar-refractivity contribution in [3.05, 3.63) is 11.9 Å². The lowest BCUT2D eigenvalue weighted by molar-refractivity contribution is -0.117. The van der Waals surface area contributed by atoms with Crippen molar-refractivity contribution in [2.75, 3.05) is 25.1 Å². The van der Waals surface area contributed by atoms with Crippen molar-refractivity contribution >= 4 is 24.8 Å². The molecule has 2 N–H and O–H groups in total. The summed E-state index contributed by atoms with van der Waals surface area (Å²) >= 11 is 0. The monoisotopic (exact) mass is 335 g/mol. The van der Waals surface area contributed by atoms with Gasteiger partial charge >= 0.3 is 7.48 Å². The standard InChI is InChI=1S/C16H28BN4O3/c1-8-21(13(22)9-18)14-11(2)19-10-12(20-14)17-24-16(5,6)15(3,4)23-7/h10H,8-9,18H2,1-7H3. The molecule has 0 aliphatic carbocycles. The second-order valence-electron chi connectivity index (χ2n) is 6.51. The summed E-state index contributed by atoms with van der Waals surface area (Å²) in [6.45, 7) is 11.8. The molecule has 24 heavy (non-hydrogen) atoms. The number of anilines is 1. The molecule has 1 radical (unpaired) electrons. The SMILES string of the molecule is CCN(C(=O)CN)c1nc([B]OC(C)(C)C(C)(C)OC)cnc1C. The van der Waals surface area contributed by atoms with E-state index in [0.717, 1.165) is 0 Å². The first-order chi connectivity index (χ1) is 11.1. The van der Waals surface area contributed by atoms with Crippen LogP contribution in [0.3, 0.4) is 0 Å². The number of carbonyl (C=O) groups excluding carboxylic acids is 1. The molecule has 0 fully saturated rings. The van der Waals surface area contributed by atoms with Crippen molar-refractivity contribution in [1.82, 2.24) is 9.97 Å². The summed E-state index contributed by atoms with van der Waals surface area (Å²) in [7, 11) is 3.18. The van der Waals surface area contributed by atoms with Gasteiger partial charge in [0, 0.05) is 19.9 Å². The van der Waals surface area contributed by atoms with Crippen molar-refractivity contribution in [2.24, 2.45) is 5.73 Å². The minimum atomic E-state index is -0.577. The van der Waals surface area contributed by atoms with E-state index >= 15 is 0 Å². The van der Waals surface area contributed by atoms with Gasteiger partial charge in [0.25, 0.3) is 0 Å². The molecule has 8 heteroatoms. The number of aromatic nitrogens is 2. The average molecular weight is 335 g/mol. The Bertz CT molecular complexity index is 578. The van der Waals surface area contributed by atoms with E-state index in [1.807, 2.05) is 34.6 Å². The van der Waals surface area contributed by atoms with Crippen LogP contribution in [0.2, 0.25) is 0 Å². The molecule has 7 nitrogen and oxygen atoms in total. The third-order valence-electron chi connectivity index (χ3n) is 4.43. The first-order valence-electron chi connectivity index (χ1n) is 8.00. The minimum absolute atomic E-state index is 0.0749. The molecule has 1 heterocycles. The number of aryl methyl sites for hydroxylation is 1. The summed E-state index contributed by atoms with van der Waals surface area (Å²) in [5, 5.41) is 0. The molecule has 0 aromatic carbocycles. The average Bonchev–Trinajstić information content (AvgIpc) is 2.55. The Hall–Kier alpha value is -1.51. The number of rotatable bonds is 8. The number of methoxy groups -OCH3 is 1. The fourth-order valence-electron chi connectivity index (χ4n) is 1.92. The minimum Gasteiger partial charge on any atom is -0.425 e. The third-order valence-corrected chi connectivity index (χ3v) is 4.43. The summed E-state index contributed by atoms with van der Waals surface area (Å²) in [4.78, 5) is 22.3. The Morgan fingerprint density at radius 2 is 1.96 bits per heavy atom. The molecule has 0 atom stereocenters. The van der Waals surface area contributed by atoms with E-state index in [9.17, 15) is 4.79 Å². The van der Waals surface area contributed by atoms with Gasteiger partial charge in [0.2, 0.25) is 5.91 Å². The van der Waals surface area contributed by atoms with Gasteiger partial charge in [0.15, 0.2) is 5.82 Å². The molecule has 1 amide bonds. The maximum absolute atomic E-state index is 12.0. The van der Waals surface area contributed by atoms with E-state index in [1.165, 1.54) is 12.4 Å². The van der Waals surface area contributed by atoms with E-state index in [0.29, 0.717) is 23.6 Å². The summed E-state index contributed by atoms with van der Waals surface area (Å²) in [5.74, 6) is 0.294. The number of amides is 1. The van der Waals surface area contributed by atoms with E-state index in [4.69, 9.17) is 15.1 Å². The Morgan fingerprint density at radius 3 is 2.46 bits per heavy atom. The zero-order valence-corrected chi connectivity index (χ0v) is 15.7. The number of ether oxygens (including phenoxy) is 1. The highest BCUT2D eigenvalue weighted by molar-refractivity contribution is 6.45. The zero-order chi connectivity index (χ0) is 18.5. The Balaban J connectivity index is 3.00. The first kappa shape index (κ1) is 20.5. The predicted octanol–water partition coefficient (Wildman–Crippen LogP) is 0.561. The van der Waals surface area contributed by atoms with Crippen LogP contribution in [0.5, 0.6) is 0 Å². The number of hydrogen-bond acceptors (Lipinski definition) is 6. The summed E-state index contributed by atoms with van der Waals surface area (Å²) in [6.07, 6.45) is 1.61. The second-order valence-corrected chi connectivity index (χ2v) is 6.51. The molecular formula is C16H28BN4O3. The molecule has 1 rings (SSSR count). The van der Waals surface area contributed by atoms with Gasteiger partial charge in [-0.15, -0.1) is 0 Å². The van der Waals surface area contributed by atoms with Gasteiger partial charge in [-0.1, -0.05) is 0 Å². The fraction of sp³-hybridized carbons (Fsp3) is 0.688. The Kier molecular flexibility index (Phi) is 6.89. The molecule has 0 saturated heterocycles. The van der Waals surface area contributed by atoms with Gasteiger partial charge in [-0.2, -0.15) is 0 Å². The van der Waals surface area contributed by atoms with Gasteiger partial charge in [-0.25, -0.2) is 4.98 Å². The lowest BCUT2D eigenvalue weighted by Crippen LogP contribution is -2.51. The van der Waals surface area contributed by atoms with E-state index in [2.05, 4.69) is 9.97 Å². The fourth-order valence-corrected chi connectivity index (χ4v) is 1.92. The predicted molar refractivity (Wildman–Crippen MR) is 95.5 cm³/mol. The second kappa shape index (κ2) is 8.05. The lowest BCUT2D eigenvalue weighted by atomic mass is 9.85. The van der Waals surface area contributed by atoms with Crippen LogP contribution in [0.1, 0.15) is 40.3 Å². The van der Waals surface area contributed by atoms with Crippen molar-refractivity contribution < 1.29 is 14.2 Å². The van der Waals surface area contributed by atoms with Crippen LogP contribution < -0.4 is 16.2 Å². The van der Waals surface area contributed by atoms with Gasteiger partial charge in [0.05, 0.1) is 29.0 Å². The lowest BCUT2D eigenvalue weighted by Gasteiger charge is -2.40. The molecule has 0 aliphatic rings. The number of hydrogen-bond donors (Lipinski definition) is 1. The summed E-state index contributed by atoms with van der Waals surface area (Å²) in [5.41, 5.74) is 5.59. The molecule has 0 unspecified atom stereocenters. The van der Waals surface area contributed by atoms with Crippen LogP contribution >= 0.6 is 0 Å². The molecule has 0 saturated carbocycles. The van der Waals surface area contributed by atoms with E-state index < -0.39 is 11.2 Å². The number of likely N-dealkylation sites (N-methyl/N-ethyl adjacent to an activating group) is 1. The van der Waals surface area contributed by atoms with Gasteiger partial charge < -0.3 is 15.1 Å². The van der Waals surface area contributed by atoms with Crippen molar-refractivity contribution in [1.29, 1.82) is 0 Å². The third kappa shape index (κ3) is 4.52. The zero-order valence-electron chi connectivity index (χ0n) is 15.7. The van der Waals surface area contributed by atoms with Crippen LogP contribution in [0.15, 0.2) is 6.20 Å². The van der Waals surface area contributed by atoms with Crippen LogP contribution in [0.4, 0.5) is 5.82 Å². The van der Waals surface area contributed by atoms with Gasteiger partial charge in [-0.3, -0.25) is 14.7 Å². The van der Waals surface area contributed by atoms with Crippen molar-refractivity contribution in [3.63, 3.8) is 0 Å². The van der Waals surface area contributed by atoms with Crippen molar-refractivity contribution in [2.45, 2.75) is 52.7 Å². The van der Waals surface area contributed by atoms with E-state index in [-0.39, 0.29) is 12.5 Å². The number of nitrogens with two attached hydrogens (primary N) is 1. The van der Waals surface area contributed by atoms with Crippen LogP contribution in [0.25, 0.3) is 0 Å². The molecule has 1 aromatic rings. The molecule has 1 aromatic heterocycles. The highest BCUT2D eigenvalue weighted by Crippen LogP contribution is 2.27. The van der Waals surface area contributed by atoms with Crippen LogP contribution in [-0.4, -0.2) is 54.8 Å². The van der Waals surface area contributed by atoms with Crippen molar-refractivity contribution in [3.8, 4) is 0 Å². The Morgan fingerprint density at radius 1 is 1.33 bits per heavy atom. The normalized spacial score (nSPS) is 12.2. The summed E-state index contributed by atoms with van der Waals surface area (Å²) < 4.78 is 11.4. The number of carbonyl (C=O) groups is 1. The largest absolute Gasteiger partial charge is 0.425 e. The van der Waals surface area contributed by atoms with Gasteiger partial charge in [0.1, 0.15) is 0 Å². The first-order valence-corrected chi connectivity index (χ1v) is 8.00. The van der Waals surface area contributed by atoms with E-state index in [1.54, 1.807) is 20.2 Å². The smallest absolute Gasteiger partial charge is 0.353 e. The maximum atomic E-state index is 12.0. The highest BCUT2D eigenvalue weighted by atomic mass is 16.5. The quantitative estimate of drug-likeness (QED) is 0.698. The van der Waals surface area contributed by atoms with Crippen LogP contribution in [-0.2, 0) is 14.2 Å². The molecule has 133 valence electrons. The molecule has 0 bridgehead atoms. The molecule has 0 spiro atoms. The maximum Gasteiger partial charge on any atom is 0.353 e.